The summed E-state index contributed by atoms with van der Waals surface area (Å²) in [6.07, 6.45) is 15.3. The van der Waals surface area contributed by atoms with Crippen LogP contribution in [0.2, 0.25) is 0 Å². The summed E-state index contributed by atoms with van der Waals surface area (Å²) in [7, 11) is 4.57. The molecule has 2 saturated carbocycles. The van der Waals surface area contributed by atoms with Gasteiger partial charge in [0.2, 0.25) is 0 Å². The SMILES string of the molecule is Cc1ccc(C[C@@H]2N(C)CC[C@@]34CCCC[C@@]23O4)cc1.Cc1ccc(C[C@@H]2N(C)CC[C@]34CCCC[C@]23O4)cc1. The van der Waals surface area contributed by atoms with Gasteiger partial charge in [-0.05, 0) is 90.4 Å². The molecular formula is C36H50N2O2. The zero-order valence-electron chi connectivity index (χ0n) is 25.4. The first-order chi connectivity index (χ1) is 19.3. The highest BCUT2D eigenvalue weighted by atomic mass is 16.6. The molecule has 0 unspecified atom stereocenters. The monoisotopic (exact) mass is 542 g/mol. The number of ether oxygens (including phenoxy) is 2. The number of piperidine rings is 2. The van der Waals surface area contributed by atoms with Gasteiger partial charge in [0.1, 0.15) is 22.4 Å². The second-order valence-corrected chi connectivity index (χ2v) is 14.3. The van der Waals surface area contributed by atoms with Crippen LogP contribution in [0.3, 0.4) is 0 Å². The van der Waals surface area contributed by atoms with Gasteiger partial charge in [-0.3, -0.25) is 9.80 Å². The van der Waals surface area contributed by atoms with Crippen LogP contribution in [-0.4, -0.2) is 71.5 Å². The van der Waals surface area contributed by atoms with Crippen molar-refractivity contribution in [2.75, 3.05) is 27.2 Å². The number of hydrogen-bond donors (Lipinski definition) is 0. The van der Waals surface area contributed by atoms with E-state index in [0.29, 0.717) is 12.1 Å². The van der Waals surface area contributed by atoms with Crippen LogP contribution >= 0.6 is 0 Å². The lowest BCUT2D eigenvalue weighted by Gasteiger charge is -2.42. The van der Waals surface area contributed by atoms with Crippen molar-refractivity contribution in [2.45, 2.75) is 125 Å². The van der Waals surface area contributed by atoms with Gasteiger partial charge >= 0.3 is 0 Å². The molecule has 2 aromatic rings. The molecule has 4 aliphatic heterocycles. The number of rotatable bonds is 4. The summed E-state index contributed by atoms with van der Waals surface area (Å²) in [4.78, 5) is 5.10. The van der Waals surface area contributed by atoms with Gasteiger partial charge in [0.05, 0.1) is 0 Å². The second kappa shape index (κ2) is 9.93. The van der Waals surface area contributed by atoms with Gasteiger partial charge in [0.15, 0.2) is 0 Å². The minimum absolute atomic E-state index is 0.184. The van der Waals surface area contributed by atoms with Crippen molar-refractivity contribution < 1.29 is 9.47 Å². The normalized spacial score (nSPS) is 40.0. The summed E-state index contributed by atoms with van der Waals surface area (Å²) in [6.45, 7) is 6.70. The topological polar surface area (TPSA) is 31.5 Å². The van der Waals surface area contributed by atoms with Crippen LogP contribution in [0.5, 0.6) is 0 Å². The average molecular weight is 543 g/mol. The van der Waals surface area contributed by atoms with Crippen LogP contribution in [0.1, 0.15) is 86.5 Å². The zero-order chi connectivity index (χ0) is 27.6. The predicted molar refractivity (Wildman–Crippen MR) is 162 cm³/mol. The third kappa shape index (κ3) is 4.32. The Morgan fingerprint density at radius 1 is 0.575 bits per heavy atom. The molecule has 4 saturated heterocycles. The lowest BCUT2D eigenvalue weighted by Crippen LogP contribution is -2.55. The first kappa shape index (κ1) is 27.1. The molecule has 0 bridgehead atoms. The highest BCUT2D eigenvalue weighted by Crippen LogP contribution is 2.65. The maximum atomic E-state index is 6.45. The number of likely N-dealkylation sites (N-methyl/N-ethyl adjacent to an activating group) is 2. The molecule has 0 N–H and O–H groups in total. The van der Waals surface area contributed by atoms with E-state index in [-0.39, 0.29) is 22.4 Å². The number of aryl methyl sites for hydroxylation is 2. The molecule has 0 radical (unpaired) electrons. The molecule has 6 aliphatic rings. The summed E-state index contributed by atoms with van der Waals surface area (Å²) in [6, 6.07) is 19.2. The standard InChI is InChI=1S/2C18H25NO/c2*1-14-5-7-15(8-6-14)13-16-18-10-4-3-9-17(18,20-18)11-12-19(16)2/h2*5-8,16H,3-4,9-13H2,1-2H3/t16-,17+,18-;16-,17-,18+/m00/s1. The van der Waals surface area contributed by atoms with E-state index in [2.05, 4.69) is 86.3 Å². The van der Waals surface area contributed by atoms with Gasteiger partial charge in [-0.15, -0.1) is 0 Å². The van der Waals surface area contributed by atoms with E-state index in [1.165, 1.54) is 99.6 Å². The number of epoxide rings is 2. The Hall–Kier alpha value is -1.72. The van der Waals surface area contributed by atoms with Crippen LogP contribution in [-0.2, 0) is 22.3 Å². The van der Waals surface area contributed by atoms with Crippen molar-refractivity contribution >= 4 is 0 Å². The maximum Gasteiger partial charge on any atom is 0.114 e. The molecule has 40 heavy (non-hydrogen) atoms. The fourth-order valence-electron chi connectivity index (χ4n) is 9.45. The van der Waals surface area contributed by atoms with Crippen LogP contribution in [0.25, 0.3) is 0 Å². The summed E-state index contributed by atoms with van der Waals surface area (Å²) in [5.74, 6) is 0. The predicted octanol–water partition coefficient (Wildman–Crippen LogP) is 6.65. The second-order valence-electron chi connectivity index (χ2n) is 14.3. The molecule has 6 atom stereocenters. The van der Waals surface area contributed by atoms with Crippen molar-refractivity contribution in [1.82, 2.24) is 9.80 Å². The van der Waals surface area contributed by atoms with E-state index >= 15 is 0 Å². The third-order valence-corrected chi connectivity index (χ3v) is 11.9. The van der Waals surface area contributed by atoms with Gasteiger partial charge in [-0.1, -0.05) is 85.3 Å². The van der Waals surface area contributed by atoms with Gasteiger partial charge in [0.25, 0.3) is 0 Å². The van der Waals surface area contributed by atoms with Crippen LogP contribution in [0, 0.1) is 13.8 Å². The fraction of sp³-hybridized carbons (Fsp3) is 0.667. The van der Waals surface area contributed by atoms with Crippen LogP contribution in [0.4, 0.5) is 0 Å². The van der Waals surface area contributed by atoms with Gasteiger partial charge in [0, 0.05) is 25.2 Å². The molecular weight excluding hydrogens is 492 g/mol. The van der Waals surface area contributed by atoms with Crippen molar-refractivity contribution in [2.24, 2.45) is 0 Å². The van der Waals surface area contributed by atoms with Crippen molar-refractivity contribution in [1.29, 1.82) is 0 Å². The Morgan fingerprint density at radius 2 is 0.950 bits per heavy atom. The highest BCUT2D eigenvalue weighted by Gasteiger charge is 2.76. The van der Waals surface area contributed by atoms with Gasteiger partial charge < -0.3 is 9.47 Å². The summed E-state index contributed by atoms with van der Waals surface area (Å²) in [5.41, 5.74) is 6.49. The van der Waals surface area contributed by atoms with E-state index in [1.807, 2.05) is 0 Å². The molecule has 216 valence electrons. The smallest absolute Gasteiger partial charge is 0.114 e. The largest absolute Gasteiger partial charge is 0.361 e. The maximum absolute atomic E-state index is 6.45. The Balaban J connectivity index is 0.000000132. The van der Waals surface area contributed by atoms with E-state index in [9.17, 15) is 0 Å². The molecule has 8 rings (SSSR count). The number of hydrogen-bond acceptors (Lipinski definition) is 4. The third-order valence-electron chi connectivity index (χ3n) is 11.9. The molecule has 0 amide bonds. The molecule has 2 aromatic carbocycles. The molecule has 0 spiro atoms. The van der Waals surface area contributed by atoms with Crippen molar-refractivity contribution in [3.05, 3.63) is 70.8 Å². The number of likely N-dealkylation sites (tertiary alicyclic amines) is 2. The highest BCUT2D eigenvalue weighted by molar-refractivity contribution is 5.31. The Bertz CT molecular complexity index is 1120. The zero-order valence-corrected chi connectivity index (χ0v) is 25.4. The van der Waals surface area contributed by atoms with Crippen LogP contribution in [0.15, 0.2) is 48.5 Å². The minimum Gasteiger partial charge on any atom is -0.361 e. The van der Waals surface area contributed by atoms with Crippen molar-refractivity contribution in [3.63, 3.8) is 0 Å². The molecule has 2 aliphatic carbocycles. The number of benzene rings is 2. The van der Waals surface area contributed by atoms with Crippen molar-refractivity contribution in [3.8, 4) is 0 Å². The Morgan fingerprint density at radius 3 is 1.35 bits per heavy atom. The molecule has 4 heterocycles. The van der Waals surface area contributed by atoms with E-state index in [4.69, 9.17) is 9.47 Å². The summed E-state index contributed by atoms with van der Waals surface area (Å²) in [5, 5.41) is 0. The fourth-order valence-corrected chi connectivity index (χ4v) is 9.45. The Kier molecular flexibility index (Phi) is 6.74. The van der Waals surface area contributed by atoms with E-state index in [1.54, 1.807) is 0 Å². The lowest BCUT2D eigenvalue weighted by atomic mass is 9.70. The molecule has 6 fully saturated rings. The molecule has 0 aromatic heterocycles. The molecule has 4 nitrogen and oxygen atoms in total. The molecule has 4 heteroatoms. The summed E-state index contributed by atoms with van der Waals surface area (Å²) >= 11 is 0. The Labute approximate surface area is 242 Å². The first-order valence-corrected chi connectivity index (χ1v) is 16.2. The quantitative estimate of drug-likeness (QED) is 0.405. The minimum atomic E-state index is 0.184. The van der Waals surface area contributed by atoms with E-state index in [0.717, 1.165) is 12.8 Å². The van der Waals surface area contributed by atoms with E-state index < -0.39 is 0 Å². The number of nitrogens with zero attached hydrogens (tertiary/aromatic N) is 2. The summed E-state index contributed by atoms with van der Waals surface area (Å²) < 4.78 is 12.9. The van der Waals surface area contributed by atoms with Crippen LogP contribution < -0.4 is 0 Å². The first-order valence-electron chi connectivity index (χ1n) is 16.2. The van der Waals surface area contributed by atoms with Gasteiger partial charge in [-0.25, -0.2) is 0 Å². The lowest BCUT2D eigenvalue weighted by molar-refractivity contribution is 0.105. The van der Waals surface area contributed by atoms with Gasteiger partial charge in [-0.2, -0.15) is 0 Å². The average Bonchev–Trinajstić information content (AvgIpc) is 3.85.